The van der Waals surface area contributed by atoms with Gasteiger partial charge in [-0.15, -0.1) is 0 Å². The van der Waals surface area contributed by atoms with Crippen LogP contribution in [0.4, 0.5) is 0 Å². The predicted molar refractivity (Wildman–Crippen MR) is 67.5 cm³/mol. The minimum Gasteiger partial charge on any atom is -0.422 e. The molecule has 0 saturated heterocycles. The van der Waals surface area contributed by atoms with E-state index in [-0.39, 0.29) is 0 Å². The second-order valence-electron chi connectivity index (χ2n) is 3.83. The van der Waals surface area contributed by atoms with Crippen molar-refractivity contribution in [3.8, 4) is 5.75 Å². The summed E-state index contributed by atoms with van der Waals surface area (Å²) in [6.07, 6.45) is 3.41. The lowest BCUT2D eigenvalue weighted by Crippen LogP contribution is -2.08. The molecule has 0 aliphatic heterocycles. The van der Waals surface area contributed by atoms with Gasteiger partial charge in [-0.1, -0.05) is 6.07 Å². The van der Waals surface area contributed by atoms with Crippen LogP contribution >= 0.6 is 0 Å². The number of H-pyrrole nitrogens is 1. The minimum absolute atomic E-state index is 0.400. The molecule has 1 N–H and O–H groups in total. The average molecular weight is 238 g/mol. The normalized spacial score (nSPS) is 10.4. The van der Waals surface area contributed by atoms with Crippen molar-refractivity contribution < 1.29 is 9.53 Å². The number of nitrogens with one attached hydrogen (secondary N) is 1. The number of carbonyl (C=O) groups excluding carboxylic acids is 1. The summed E-state index contributed by atoms with van der Waals surface area (Å²) in [5.41, 5.74) is 1.30. The molecule has 0 unspecified atom stereocenters. The van der Waals surface area contributed by atoms with Crippen molar-refractivity contribution in [2.45, 2.75) is 0 Å². The highest BCUT2D eigenvalue weighted by Crippen LogP contribution is 2.19. The molecule has 3 rings (SSSR count). The van der Waals surface area contributed by atoms with Crippen LogP contribution in [0.15, 0.2) is 54.9 Å². The second-order valence-corrected chi connectivity index (χ2v) is 3.83. The molecule has 4 heteroatoms. The second kappa shape index (κ2) is 4.33. The van der Waals surface area contributed by atoms with Gasteiger partial charge in [-0.2, -0.15) is 0 Å². The Labute approximate surface area is 103 Å². The Morgan fingerprint density at radius 1 is 1.17 bits per heavy atom. The van der Waals surface area contributed by atoms with Crippen molar-refractivity contribution in [1.82, 2.24) is 9.97 Å². The number of hydrogen-bond donors (Lipinski definition) is 1. The van der Waals surface area contributed by atoms with Crippen molar-refractivity contribution in [2.24, 2.45) is 0 Å². The average Bonchev–Trinajstić information content (AvgIpc) is 2.92. The van der Waals surface area contributed by atoms with Gasteiger partial charge in [-0.3, -0.25) is 4.98 Å². The third-order valence-corrected chi connectivity index (χ3v) is 2.60. The molecule has 2 aromatic heterocycles. The van der Waals surface area contributed by atoms with Gasteiger partial charge < -0.3 is 9.72 Å². The summed E-state index contributed by atoms with van der Waals surface area (Å²) >= 11 is 0. The van der Waals surface area contributed by atoms with Gasteiger partial charge in [-0.25, -0.2) is 4.79 Å². The van der Waals surface area contributed by atoms with Crippen LogP contribution < -0.4 is 4.74 Å². The molecule has 0 atom stereocenters. The van der Waals surface area contributed by atoms with Crippen LogP contribution in [-0.2, 0) is 0 Å². The standard InChI is InChI=1S/C14H10N2O2/c17-14(13-4-2-8-16-13)18-11-5-6-12-10(9-11)3-1-7-15-12/h1-9,16H. The zero-order valence-corrected chi connectivity index (χ0v) is 9.46. The Kier molecular flexibility index (Phi) is 2.53. The lowest BCUT2D eigenvalue weighted by atomic mass is 10.2. The van der Waals surface area contributed by atoms with E-state index in [2.05, 4.69) is 9.97 Å². The van der Waals surface area contributed by atoms with Crippen molar-refractivity contribution in [3.63, 3.8) is 0 Å². The van der Waals surface area contributed by atoms with E-state index < -0.39 is 5.97 Å². The summed E-state index contributed by atoms with van der Waals surface area (Å²) in [5, 5.41) is 0.939. The van der Waals surface area contributed by atoms with E-state index in [0.29, 0.717) is 11.4 Å². The number of rotatable bonds is 2. The first-order chi connectivity index (χ1) is 8.83. The summed E-state index contributed by atoms with van der Waals surface area (Å²) in [6, 6.07) is 12.5. The van der Waals surface area contributed by atoms with E-state index >= 15 is 0 Å². The highest BCUT2D eigenvalue weighted by atomic mass is 16.5. The number of esters is 1. The molecule has 0 fully saturated rings. The van der Waals surface area contributed by atoms with Gasteiger partial charge in [0.15, 0.2) is 0 Å². The van der Waals surface area contributed by atoms with Crippen molar-refractivity contribution in [3.05, 3.63) is 60.6 Å². The van der Waals surface area contributed by atoms with E-state index in [1.807, 2.05) is 18.2 Å². The van der Waals surface area contributed by atoms with Crippen LogP contribution in [0.3, 0.4) is 0 Å². The highest BCUT2D eigenvalue weighted by Gasteiger charge is 2.09. The van der Waals surface area contributed by atoms with Crippen LogP contribution in [0.5, 0.6) is 5.75 Å². The van der Waals surface area contributed by atoms with E-state index in [1.54, 1.807) is 36.7 Å². The first-order valence-electron chi connectivity index (χ1n) is 5.53. The Morgan fingerprint density at radius 3 is 2.94 bits per heavy atom. The zero-order valence-electron chi connectivity index (χ0n) is 9.46. The van der Waals surface area contributed by atoms with Crippen molar-refractivity contribution in [2.75, 3.05) is 0 Å². The van der Waals surface area contributed by atoms with Crippen LogP contribution in [-0.4, -0.2) is 15.9 Å². The van der Waals surface area contributed by atoms with Crippen LogP contribution in [0.1, 0.15) is 10.5 Å². The van der Waals surface area contributed by atoms with E-state index in [9.17, 15) is 4.79 Å². The van der Waals surface area contributed by atoms with Crippen LogP contribution in [0.25, 0.3) is 10.9 Å². The quantitative estimate of drug-likeness (QED) is 0.551. The number of fused-ring (bicyclic) bond motifs is 1. The third kappa shape index (κ3) is 1.96. The SMILES string of the molecule is O=C(Oc1ccc2ncccc2c1)c1ccc[nH]1. The molecule has 0 amide bonds. The smallest absolute Gasteiger partial charge is 0.360 e. The van der Waals surface area contributed by atoms with Gasteiger partial charge in [0, 0.05) is 17.8 Å². The number of pyridine rings is 1. The summed E-state index contributed by atoms with van der Waals surface area (Å²) < 4.78 is 5.27. The number of nitrogens with zero attached hydrogens (tertiary/aromatic N) is 1. The molecule has 3 aromatic rings. The molecule has 88 valence electrons. The lowest BCUT2D eigenvalue weighted by molar-refractivity contribution is 0.0729. The fourth-order valence-electron chi connectivity index (χ4n) is 1.74. The Hall–Kier alpha value is -2.62. The molecule has 0 bridgehead atoms. The molecule has 18 heavy (non-hydrogen) atoms. The maximum Gasteiger partial charge on any atom is 0.360 e. The fourth-order valence-corrected chi connectivity index (χ4v) is 1.74. The maximum atomic E-state index is 11.7. The minimum atomic E-state index is -0.400. The topological polar surface area (TPSA) is 55.0 Å². The van der Waals surface area contributed by atoms with Gasteiger partial charge in [0.25, 0.3) is 0 Å². The molecule has 1 aromatic carbocycles. The molecule has 0 aliphatic carbocycles. The van der Waals surface area contributed by atoms with Gasteiger partial charge >= 0.3 is 5.97 Å². The molecular weight excluding hydrogens is 228 g/mol. The van der Waals surface area contributed by atoms with Crippen molar-refractivity contribution in [1.29, 1.82) is 0 Å². The molecule has 0 aliphatic rings. The van der Waals surface area contributed by atoms with E-state index in [4.69, 9.17) is 4.74 Å². The Balaban J connectivity index is 1.89. The molecular formula is C14H10N2O2. The van der Waals surface area contributed by atoms with Gasteiger partial charge in [0.2, 0.25) is 0 Å². The highest BCUT2D eigenvalue weighted by molar-refractivity contribution is 5.90. The predicted octanol–water partition coefficient (Wildman–Crippen LogP) is 2.78. The zero-order chi connectivity index (χ0) is 12.4. The Morgan fingerprint density at radius 2 is 2.11 bits per heavy atom. The number of benzene rings is 1. The monoisotopic (exact) mass is 238 g/mol. The fraction of sp³-hybridized carbons (Fsp3) is 0. The first-order valence-corrected chi connectivity index (χ1v) is 5.53. The van der Waals surface area contributed by atoms with E-state index in [1.165, 1.54) is 0 Å². The Bertz CT molecular complexity index is 690. The van der Waals surface area contributed by atoms with Crippen molar-refractivity contribution >= 4 is 16.9 Å². The van der Waals surface area contributed by atoms with Gasteiger partial charge in [0.1, 0.15) is 11.4 Å². The molecule has 4 nitrogen and oxygen atoms in total. The lowest BCUT2D eigenvalue weighted by Gasteiger charge is -2.04. The number of aromatic amines is 1. The molecule has 0 spiro atoms. The number of aromatic nitrogens is 2. The number of carbonyl (C=O) groups is 1. The molecule has 0 radical (unpaired) electrons. The largest absolute Gasteiger partial charge is 0.422 e. The summed E-state index contributed by atoms with van der Waals surface area (Å²) in [4.78, 5) is 18.8. The molecule has 2 heterocycles. The molecule has 0 saturated carbocycles. The first kappa shape index (κ1) is 10.5. The summed E-state index contributed by atoms with van der Waals surface area (Å²) in [6.45, 7) is 0. The maximum absolute atomic E-state index is 11.7. The number of hydrogen-bond acceptors (Lipinski definition) is 3. The van der Waals surface area contributed by atoms with E-state index in [0.717, 1.165) is 10.9 Å². The van der Waals surface area contributed by atoms with Crippen LogP contribution in [0, 0.1) is 0 Å². The number of ether oxygens (including phenoxy) is 1. The van der Waals surface area contributed by atoms with Gasteiger partial charge in [-0.05, 0) is 36.4 Å². The summed E-state index contributed by atoms with van der Waals surface area (Å²) in [5.74, 6) is 0.110. The summed E-state index contributed by atoms with van der Waals surface area (Å²) in [7, 11) is 0. The van der Waals surface area contributed by atoms with Gasteiger partial charge in [0.05, 0.1) is 5.52 Å². The van der Waals surface area contributed by atoms with Crippen LogP contribution in [0.2, 0.25) is 0 Å². The third-order valence-electron chi connectivity index (χ3n) is 2.60.